The predicted molar refractivity (Wildman–Crippen MR) is 79.7 cm³/mol. The predicted octanol–water partition coefficient (Wildman–Crippen LogP) is 2.84. The van der Waals surface area contributed by atoms with Gasteiger partial charge >= 0.3 is 6.03 Å². The number of carbonyl (C=O) groups excluding carboxylic acids is 1. The van der Waals surface area contributed by atoms with Crippen molar-refractivity contribution in [2.75, 3.05) is 19.7 Å². The molecule has 1 unspecified atom stereocenters. The third kappa shape index (κ3) is 5.54. The number of hydrogen-bond donors (Lipinski definition) is 2. The number of ether oxygens (including phenoxy) is 1. The summed E-state index contributed by atoms with van der Waals surface area (Å²) in [4.78, 5) is 11.6. The molecule has 2 amide bonds. The van der Waals surface area contributed by atoms with E-state index < -0.39 is 0 Å². The van der Waals surface area contributed by atoms with Crippen molar-refractivity contribution in [3.8, 4) is 0 Å². The van der Waals surface area contributed by atoms with Crippen LogP contribution in [0, 0.1) is 0 Å². The molecule has 0 spiro atoms. The summed E-state index contributed by atoms with van der Waals surface area (Å²) in [5.41, 5.74) is 0. The van der Waals surface area contributed by atoms with E-state index in [0.717, 1.165) is 31.6 Å². The Morgan fingerprint density at radius 2 is 2.15 bits per heavy atom. The van der Waals surface area contributed by atoms with Crippen molar-refractivity contribution in [1.82, 2.24) is 10.6 Å². The van der Waals surface area contributed by atoms with Crippen LogP contribution in [0.5, 0.6) is 0 Å². The minimum Gasteiger partial charge on any atom is -0.454 e. The summed E-state index contributed by atoms with van der Waals surface area (Å²) in [7, 11) is 0. The van der Waals surface area contributed by atoms with Crippen LogP contribution in [0.2, 0.25) is 0 Å². The number of carbonyl (C=O) groups is 1. The van der Waals surface area contributed by atoms with Crippen molar-refractivity contribution in [3.05, 3.63) is 22.6 Å². The van der Waals surface area contributed by atoms with E-state index in [1.165, 1.54) is 6.42 Å². The largest absolute Gasteiger partial charge is 0.454 e. The van der Waals surface area contributed by atoms with Crippen molar-refractivity contribution in [1.29, 1.82) is 0 Å². The number of rotatable bonds is 6. The van der Waals surface area contributed by atoms with E-state index in [2.05, 4.69) is 26.6 Å². The molecule has 0 radical (unpaired) electrons. The Bertz CT molecular complexity index is 416. The van der Waals surface area contributed by atoms with Gasteiger partial charge in [0.25, 0.3) is 0 Å². The summed E-state index contributed by atoms with van der Waals surface area (Å²) >= 11 is 3.25. The van der Waals surface area contributed by atoms with Gasteiger partial charge in [0.05, 0.1) is 6.10 Å². The molecule has 1 aliphatic rings. The van der Waals surface area contributed by atoms with Gasteiger partial charge in [-0.1, -0.05) is 0 Å². The Balaban J connectivity index is 1.51. The Hall–Kier alpha value is -1.01. The second kappa shape index (κ2) is 8.32. The number of hydrogen-bond acceptors (Lipinski definition) is 3. The van der Waals surface area contributed by atoms with Crippen LogP contribution in [0.15, 0.2) is 21.2 Å². The summed E-state index contributed by atoms with van der Waals surface area (Å²) in [6.45, 7) is 2.07. The Kier molecular flexibility index (Phi) is 6.39. The van der Waals surface area contributed by atoms with E-state index in [1.54, 1.807) is 0 Å². The SMILES string of the molecule is O=C(NCCc1ccc(Br)o1)NCCC1CCCCO1. The molecule has 1 aliphatic heterocycles. The van der Waals surface area contributed by atoms with Crippen LogP contribution in [-0.4, -0.2) is 31.8 Å². The lowest BCUT2D eigenvalue weighted by Gasteiger charge is -2.22. The van der Waals surface area contributed by atoms with Gasteiger partial charge in [0.1, 0.15) is 5.76 Å². The van der Waals surface area contributed by atoms with Gasteiger partial charge < -0.3 is 19.8 Å². The van der Waals surface area contributed by atoms with Gasteiger partial charge in [-0.15, -0.1) is 0 Å². The van der Waals surface area contributed by atoms with Crippen LogP contribution in [-0.2, 0) is 11.2 Å². The Morgan fingerprint density at radius 1 is 1.30 bits per heavy atom. The first-order valence-electron chi connectivity index (χ1n) is 7.11. The quantitative estimate of drug-likeness (QED) is 0.833. The molecule has 20 heavy (non-hydrogen) atoms. The lowest BCUT2D eigenvalue weighted by Crippen LogP contribution is -2.38. The molecule has 1 saturated heterocycles. The molecule has 5 nitrogen and oxygen atoms in total. The van der Waals surface area contributed by atoms with E-state index >= 15 is 0 Å². The molecule has 2 N–H and O–H groups in total. The molecule has 0 aliphatic carbocycles. The summed E-state index contributed by atoms with van der Waals surface area (Å²) in [5, 5.41) is 5.66. The van der Waals surface area contributed by atoms with Gasteiger partial charge in [0, 0.05) is 26.1 Å². The zero-order chi connectivity index (χ0) is 14.2. The summed E-state index contributed by atoms with van der Waals surface area (Å²) in [5.74, 6) is 0.854. The smallest absolute Gasteiger partial charge is 0.314 e. The maximum absolute atomic E-state index is 11.6. The van der Waals surface area contributed by atoms with Gasteiger partial charge in [-0.2, -0.15) is 0 Å². The summed E-state index contributed by atoms with van der Waals surface area (Å²) < 4.78 is 11.7. The van der Waals surface area contributed by atoms with Gasteiger partial charge in [-0.25, -0.2) is 4.79 Å². The van der Waals surface area contributed by atoms with Gasteiger partial charge in [0.2, 0.25) is 0 Å². The highest BCUT2D eigenvalue weighted by Gasteiger charge is 2.13. The average molecular weight is 345 g/mol. The van der Waals surface area contributed by atoms with Crippen molar-refractivity contribution in [2.24, 2.45) is 0 Å². The topological polar surface area (TPSA) is 63.5 Å². The minimum atomic E-state index is -0.133. The Labute approximate surface area is 127 Å². The molecule has 1 fully saturated rings. The first-order chi connectivity index (χ1) is 9.74. The third-order valence-electron chi connectivity index (χ3n) is 3.31. The van der Waals surface area contributed by atoms with E-state index in [9.17, 15) is 4.79 Å². The van der Waals surface area contributed by atoms with Crippen LogP contribution in [0.1, 0.15) is 31.4 Å². The van der Waals surface area contributed by atoms with Crippen molar-refractivity contribution < 1.29 is 13.9 Å². The summed E-state index contributed by atoms with van der Waals surface area (Å²) in [6, 6.07) is 3.61. The van der Waals surface area contributed by atoms with E-state index in [1.807, 2.05) is 12.1 Å². The van der Waals surface area contributed by atoms with Crippen LogP contribution in [0.4, 0.5) is 4.79 Å². The molecular weight excluding hydrogens is 324 g/mol. The molecule has 1 atom stereocenters. The Morgan fingerprint density at radius 3 is 2.85 bits per heavy atom. The third-order valence-corrected chi connectivity index (χ3v) is 3.74. The summed E-state index contributed by atoms with van der Waals surface area (Å²) in [6.07, 6.45) is 5.38. The second-order valence-electron chi connectivity index (χ2n) is 4.92. The number of furan rings is 1. The monoisotopic (exact) mass is 344 g/mol. The minimum absolute atomic E-state index is 0.133. The fourth-order valence-electron chi connectivity index (χ4n) is 2.23. The molecule has 2 heterocycles. The normalized spacial score (nSPS) is 18.8. The number of nitrogens with one attached hydrogen (secondary N) is 2. The van der Waals surface area contributed by atoms with Crippen molar-refractivity contribution in [3.63, 3.8) is 0 Å². The fraction of sp³-hybridized carbons (Fsp3) is 0.643. The number of amides is 2. The molecule has 1 aromatic heterocycles. The highest BCUT2D eigenvalue weighted by molar-refractivity contribution is 9.10. The fourth-order valence-corrected chi connectivity index (χ4v) is 2.57. The highest BCUT2D eigenvalue weighted by Crippen LogP contribution is 2.15. The van der Waals surface area contributed by atoms with Crippen molar-refractivity contribution >= 4 is 22.0 Å². The molecule has 2 rings (SSSR count). The highest BCUT2D eigenvalue weighted by atomic mass is 79.9. The van der Waals surface area contributed by atoms with E-state index in [0.29, 0.717) is 30.3 Å². The van der Waals surface area contributed by atoms with Crippen LogP contribution >= 0.6 is 15.9 Å². The van der Waals surface area contributed by atoms with Gasteiger partial charge in [0.15, 0.2) is 4.67 Å². The van der Waals surface area contributed by atoms with E-state index in [-0.39, 0.29) is 6.03 Å². The van der Waals surface area contributed by atoms with Gasteiger partial charge in [-0.3, -0.25) is 0 Å². The van der Waals surface area contributed by atoms with E-state index in [4.69, 9.17) is 9.15 Å². The molecule has 6 heteroatoms. The maximum Gasteiger partial charge on any atom is 0.314 e. The zero-order valence-electron chi connectivity index (χ0n) is 11.5. The van der Waals surface area contributed by atoms with Gasteiger partial charge in [-0.05, 0) is 53.7 Å². The lowest BCUT2D eigenvalue weighted by atomic mass is 10.1. The lowest BCUT2D eigenvalue weighted by molar-refractivity contribution is 0.0120. The first kappa shape index (κ1) is 15.4. The molecule has 0 bridgehead atoms. The average Bonchev–Trinajstić information content (AvgIpc) is 2.86. The van der Waals surface area contributed by atoms with Crippen LogP contribution in [0.3, 0.4) is 0 Å². The molecule has 0 saturated carbocycles. The first-order valence-corrected chi connectivity index (χ1v) is 7.91. The molecular formula is C14H21BrN2O3. The molecule has 112 valence electrons. The van der Waals surface area contributed by atoms with Crippen LogP contribution in [0.25, 0.3) is 0 Å². The molecule has 1 aromatic rings. The van der Waals surface area contributed by atoms with Crippen LogP contribution < -0.4 is 10.6 Å². The maximum atomic E-state index is 11.6. The van der Waals surface area contributed by atoms with Crippen molar-refractivity contribution in [2.45, 2.75) is 38.2 Å². The second-order valence-corrected chi connectivity index (χ2v) is 5.70. The number of urea groups is 1. The number of halogens is 1. The molecule has 0 aromatic carbocycles. The zero-order valence-corrected chi connectivity index (χ0v) is 13.1. The standard InChI is InChI=1S/C14H21BrN2O3/c15-13-5-4-12(20-13)7-9-17-14(18)16-8-6-11-3-1-2-10-19-11/h4-5,11H,1-3,6-10H2,(H2,16,17,18).